The van der Waals surface area contributed by atoms with Crippen molar-refractivity contribution in [3.8, 4) is 34.0 Å². The molecule has 0 aliphatic heterocycles. The molecule has 2 N–H and O–H groups in total. The lowest BCUT2D eigenvalue weighted by Crippen LogP contribution is -2.01. The number of carbonyl (C=O) groups is 1. The first kappa shape index (κ1) is 21.7. The fourth-order valence-electron chi connectivity index (χ4n) is 3.86. The van der Waals surface area contributed by atoms with Gasteiger partial charge in [-0.05, 0) is 48.4 Å². The summed E-state index contributed by atoms with van der Waals surface area (Å²) in [5.74, 6) is -0.900. The molecule has 0 atom stereocenters. The van der Waals surface area contributed by atoms with Gasteiger partial charge >= 0.3 is 5.97 Å². The molecule has 0 amide bonds. The van der Waals surface area contributed by atoms with Crippen LogP contribution in [0.2, 0.25) is 5.02 Å². The lowest BCUT2D eigenvalue weighted by Gasteiger charge is -2.08. The number of carboxylic acids is 1. The first-order chi connectivity index (χ1) is 16.4. The fraction of sp³-hybridized carbons (Fsp3) is 0.0370. The fourth-order valence-corrected chi connectivity index (χ4v) is 4.13. The SMILES string of the molecule is Cc1c(Oc2nc3cc(Cl)c(-c4ccc(-c5ccccc5F)cc4)cc3[nH]2)cccc1C(=O)O. The topological polar surface area (TPSA) is 75.2 Å². The molecule has 1 aromatic heterocycles. The van der Waals surface area contributed by atoms with Crippen LogP contribution < -0.4 is 4.74 Å². The number of rotatable bonds is 5. The zero-order chi connectivity index (χ0) is 23.8. The summed E-state index contributed by atoms with van der Waals surface area (Å²) in [6, 6.07) is 22.8. The van der Waals surface area contributed by atoms with Gasteiger partial charge in [0.1, 0.15) is 11.6 Å². The van der Waals surface area contributed by atoms with Crippen LogP contribution in [0.3, 0.4) is 0 Å². The van der Waals surface area contributed by atoms with Crippen molar-refractivity contribution in [3.05, 3.63) is 101 Å². The second-order valence-electron chi connectivity index (χ2n) is 7.78. The van der Waals surface area contributed by atoms with E-state index in [0.717, 1.165) is 16.7 Å². The number of halogens is 2. The van der Waals surface area contributed by atoms with Crippen molar-refractivity contribution in [1.82, 2.24) is 9.97 Å². The number of H-pyrrole nitrogens is 1. The van der Waals surface area contributed by atoms with Gasteiger partial charge < -0.3 is 14.8 Å². The summed E-state index contributed by atoms with van der Waals surface area (Å²) < 4.78 is 19.9. The molecule has 0 saturated carbocycles. The van der Waals surface area contributed by atoms with Crippen LogP contribution in [-0.4, -0.2) is 21.0 Å². The van der Waals surface area contributed by atoms with Gasteiger partial charge in [-0.2, -0.15) is 4.98 Å². The molecule has 0 aliphatic carbocycles. The maximum atomic E-state index is 14.1. The quantitative estimate of drug-likeness (QED) is 0.278. The molecule has 5 nitrogen and oxygen atoms in total. The standard InChI is InChI=1S/C27H18ClFN2O3/c1-15-18(26(32)33)6-4-8-25(15)34-27-30-23-13-20(21(28)14-24(23)31-27)17-11-9-16(10-12-17)19-5-2-3-7-22(19)29/h2-14H,1H3,(H,30,31)(H,32,33). The minimum absolute atomic E-state index is 0.165. The van der Waals surface area contributed by atoms with Gasteiger partial charge in [-0.15, -0.1) is 0 Å². The van der Waals surface area contributed by atoms with Crippen molar-refractivity contribution in [3.63, 3.8) is 0 Å². The number of carboxylic acid groups (broad SMARTS) is 1. The van der Waals surface area contributed by atoms with Gasteiger partial charge in [-0.25, -0.2) is 9.18 Å². The zero-order valence-electron chi connectivity index (χ0n) is 18.0. The average molecular weight is 473 g/mol. The second-order valence-corrected chi connectivity index (χ2v) is 8.19. The van der Waals surface area contributed by atoms with Gasteiger partial charge in [0, 0.05) is 16.7 Å². The highest BCUT2D eigenvalue weighted by Crippen LogP contribution is 2.35. The number of aromatic amines is 1. The molecule has 34 heavy (non-hydrogen) atoms. The molecule has 0 unspecified atom stereocenters. The van der Waals surface area contributed by atoms with E-state index in [1.165, 1.54) is 12.1 Å². The van der Waals surface area contributed by atoms with Crippen LogP contribution in [0.5, 0.6) is 11.8 Å². The molecule has 5 aromatic rings. The van der Waals surface area contributed by atoms with Gasteiger partial charge in [0.15, 0.2) is 0 Å². The molecule has 0 saturated heterocycles. The number of fused-ring (bicyclic) bond motifs is 1. The molecule has 4 aromatic carbocycles. The molecule has 0 bridgehead atoms. The summed E-state index contributed by atoms with van der Waals surface area (Å²) in [7, 11) is 0. The van der Waals surface area contributed by atoms with E-state index < -0.39 is 5.97 Å². The Morgan fingerprint density at radius 3 is 2.38 bits per heavy atom. The Morgan fingerprint density at radius 1 is 0.971 bits per heavy atom. The number of imidazole rings is 1. The van der Waals surface area contributed by atoms with Crippen molar-refractivity contribution >= 4 is 28.6 Å². The second kappa shape index (κ2) is 8.65. The van der Waals surface area contributed by atoms with Crippen molar-refractivity contribution in [2.75, 3.05) is 0 Å². The monoisotopic (exact) mass is 472 g/mol. The molecule has 5 rings (SSSR count). The molecule has 0 fully saturated rings. The number of benzene rings is 4. The van der Waals surface area contributed by atoms with Gasteiger partial charge in [0.05, 0.1) is 21.6 Å². The number of ether oxygens (including phenoxy) is 1. The summed E-state index contributed by atoms with van der Waals surface area (Å²) in [6.45, 7) is 1.68. The maximum Gasteiger partial charge on any atom is 0.336 e. The molecule has 7 heteroatoms. The van der Waals surface area contributed by atoms with Crippen LogP contribution in [-0.2, 0) is 0 Å². The van der Waals surface area contributed by atoms with Gasteiger partial charge in [0.2, 0.25) is 0 Å². The van der Waals surface area contributed by atoms with Gasteiger partial charge in [-0.1, -0.05) is 60.1 Å². The number of aromatic carboxylic acids is 1. The Morgan fingerprint density at radius 2 is 1.68 bits per heavy atom. The van der Waals surface area contributed by atoms with E-state index in [9.17, 15) is 14.3 Å². The van der Waals surface area contributed by atoms with E-state index in [1.807, 2.05) is 30.3 Å². The molecular weight excluding hydrogens is 455 g/mol. The van der Waals surface area contributed by atoms with Crippen LogP contribution in [0, 0.1) is 12.7 Å². The number of aromatic nitrogens is 2. The first-order valence-corrected chi connectivity index (χ1v) is 10.8. The third-order valence-corrected chi connectivity index (χ3v) is 5.96. The minimum atomic E-state index is -1.02. The summed E-state index contributed by atoms with van der Waals surface area (Å²) in [6.07, 6.45) is 0. The van der Waals surface area contributed by atoms with Gasteiger partial charge in [0.25, 0.3) is 6.01 Å². The number of nitrogens with one attached hydrogen (secondary N) is 1. The number of hydrogen-bond donors (Lipinski definition) is 2. The van der Waals surface area contributed by atoms with Crippen molar-refractivity contribution in [2.45, 2.75) is 6.92 Å². The number of hydrogen-bond acceptors (Lipinski definition) is 3. The number of nitrogens with zero attached hydrogens (tertiary/aromatic N) is 1. The first-order valence-electron chi connectivity index (χ1n) is 10.5. The molecule has 168 valence electrons. The highest BCUT2D eigenvalue weighted by molar-refractivity contribution is 6.34. The summed E-state index contributed by atoms with van der Waals surface area (Å²) >= 11 is 6.55. The Hall–Kier alpha value is -4.16. The summed E-state index contributed by atoms with van der Waals surface area (Å²) in [5, 5.41) is 9.83. The molecule has 0 aliphatic rings. The third kappa shape index (κ3) is 4.00. The van der Waals surface area contributed by atoms with Crippen LogP contribution in [0.4, 0.5) is 4.39 Å². The van der Waals surface area contributed by atoms with E-state index in [-0.39, 0.29) is 17.4 Å². The lowest BCUT2D eigenvalue weighted by molar-refractivity contribution is 0.0695. The Kier molecular flexibility index (Phi) is 5.51. The van der Waals surface area contributed by atoms with E-state index in [4.69, 9.17) is 16.3 Å². The maximum absolute atomic E-state index is 14.1. The zero-order valence-corrected chi connectivity index (χ0v) is 18.7. The Labute approximate surface area is 199 Å². The van der Waals surface area contributed by atoms with Gasteiger partial charge in [-0.3, -0.25) is 0 Å². The normalized spacial score (nSPS) is 11.0. The average Bonchev–Trinajstić information content (AvgIpc) is 3.21. The van der Waals surface area contributed by atoms with E-state index in [2.05, 4.69) is 9.97 Å². The van der Waals surface area contributed by atoms with Crippen molar-refractivity contribution in [2.24, 2.45) is 0 Å². The molecule has 1 heterocycles. The molecule has 0 radical (unpaired) electrons. The Balaban J connectivity index is 1.47. The van der Waals surface area contributed by atoms with Crippen molar-refractivity contribution < 1.29 is 19.0 Å². The largest absolute Gasteiger partial charge is 0.478 e. The summed E-state index contributed by atoms with van der Waals surface area (Å²) in [4.78, 5) is 18.9. The van der Waals surface area contributed by atoms with E-state index in [0.29, 0.717) is 32.9 Å². The van der Waals surface area contributed by atoms with Crippen LogP contribution in [0.1, 0.15) is 15.9 Å². The van der Waals surface area contributed by atoms with E-state index in [1.54, 1.807) is 43.3 Å². The van der Waals surface area contributed by atoms with E-state index >= 15 is 0 Å². The van der Waals surface area contributed by atoms with Crippen LogP contribution >= 0.6 is 11.6 Å². The lowest BCUT2D eigenvalue weighted by atomic mass is 10.00. The Bertz CT molecular complexity index is 1540. The predicted octanol–water partition coefficient (Wildman–Crippen LogP) is 7.49. The highest BCUT2D eigenvalue weighted by Gasteiger charge is 2.15. The minimum Gasteiger partial charge on any atom is -0.478 e. The predicted molar refractivity (Wildman–Crippen MR) is 130 cm³/mol. The highest BCUT2D eigenvalue weighted by atomic mass is 35.5. The van der Waals surface area contributed by atoms with Crippen molar-refractivity contribution in [1.29, 1.82) is 0 Å². The molecular formula is C27H18ClFN2O3. The summed E-state index contributed by atoms with van der Waals surface area (Å²) in [5.41, 5.74) is 4.95. The smallest absolute Gasteiger partial charge is 0.336 e. The third-order valence-electron chi connectivity index (χ3n) is 5.65. The van der Waals surface area contributed by atoms with Crippen LogP contribution in [0.25, 0.3) is 33.3 Å². The van der Waals surface area contributed by atoms with Crippen LogP contribution in [0.15, 0.2) is 78.9 Å². The molecule has 0 spiro atoms.